The minimum Gasteiger partial charge on any atom is -0.497 e. The first-order chi connectivity index (χ1) is 8.61. The normalized spacial score (nSPS) is 10.1. The molecule has 0 spiro atoms. The second-order valence-electron chi connectivity index (χ2n) is 3.91. The Hall–Kier alpha value is -2.43. The fourth-order valence-electron chi connectivity index (χ4n) is 1.65. The van der Waals surface area contributed by atoms with E-state index in [-0.39, 0.29) is 5.91 Å². The lowest BCUT2D eigenvalue weighted by molar-refractivity contribution is 0.101. The highest BCUT2D eigenvalue weighted by Gasteiger charge is 2.11. The molecule has 0 fully saturated rings. The van der Waals surface area contributed by atoms with Gasteiger partial charge >= 0.3 is 0 Å². The predicted molar refractivity (Wildman–Crippen MR) is 70.8 cm³/mol. The first kappa shape index (κ1) is 12.0. The summed E-state index contributed by atoms with van der Waals surface area (Å²) in [6, 6.07) is 8.68. The third-order valence-electron chi connectivity index (χ3n) is 2.69. The number of amides is 1. The number of methoxy groups -OCH3 is 1. The maximum atomic E-state index is 12.0. The Morgan fingerprint density at radius 2 is 2.17 bits per heavy atom. The summed E-state index contributed by atoms with van der Waals surface area (Å²) in [5.41, 5.74) is 7.41. The number of nitrogens with zero attached hydrogens (tertiary/aromatic N) is 1. The molecule has 1 heterocycles. The van der Waals surface area contributed by atoms with Crippen LogP contribution in [0.5, 0.6) is 5.75 Å². The lowest BCUT2D eigenvalue weighted by Crippen LogP contribution is -2.16. The molecule has 0 saturated heterocycles. The molecule has 1 amide bonds. The fourth-order valence-corrected chi connectivity index (χ4v) is 1.65. The molecule has 0 bridgehead atoms. The van der Waals surface area contributed by atoms with E-state index in [9.17, 15) is 4.79 Å². The Morgan fingerprint density at radius 3 is 2.78 bits per heavy atom. The van der Waals surface area contributed by atoms with Crippen molar-refractivity contribution in [3.63, 3.8) is 0 Å². The Kier molecular flexibility index (Phi) is 3.23. The summed E-state index contributed by atoms with van der Waals surface area (Å²) in [5, 5.41) is 2.76. The molecule has 0 atom stereocenters. The number of nitrogens with one attached hydrogen (secondary N) is 1. The molecule has 0 unspecified atom stereocenters. The third-order valence-corrected chi connectivity index (χ3v) is 2.69. The summed E-state index contributed by atoms with van der Waals surface area (Å²) in [7, 11) is 3.37. The minimum absolute atomic E-state index is 0.206. The van der Waals surface area contributed by atoms with E-state index in [1.165, 1.54) is 0 Å². The Morgan fingerprint density at radius 1 is 1.39 bits per heavy atom. The summed E-state index contributed by atoms with van der Waals surface area (Å²) in [5.74, 6) is 0.439. The van der Waals surface area contributed by atoms with Crippen molar-refractivity contribution in [3.8, 4) is 5.75 Å². The molecule has 0 aliphatic rings. The van der Waals surface area contributed by atoms with Gasteiger partial charge in [-0.05, 0) is 24.3 Å². The highest BCUT2D eigenvalue weighted by Crippen LogP contribution is 2.24. The average Bonchev–Trinajstić information content (AvgIpc) is 2.78. The smallest absolute Gasteiger partial charge is 0.272 e. The minimum atomic E-state index is -0.206. The molecule has 5 heteroatoms. The number of rotatable bonds is 3. The van der Waals surface area contributed by atoms with Gasteiger partial charge in [-0.2, -0.15) is 0 Å². The molecule has 2 aromatic rings. The SMILES string of the molecule is COc1ccc(N)c(NC(=O)c2cccn2C)c1. The van der Waals surface area contributed by atoms with Gasteiger partial charge in [0.25, 0.3) is 5.91 Å². The van der Waals surface area contributed by atoms with E-state index in [0.717, 1.165) is 0 Å². The summed E-state index contributed by atoms with van der Waals surface area (Å²) in [4.78, 5) is 12.0. The highest BCUT2D eigenvalue weighted by atomic mass is 16.5. The maximum Gasteiger partial charge on any atom is 0.272 e. The standard InChI is InChI=1S/C13H15N3O2/c1-16-7-3-4-12(16)13(17)15-11-8-9(18-2)5-6-10(11)14/h3-8H,14H2,1-2H3,(H,15,17). The van der Waals surface area contributed by atoms with Crippen molar-refractivity contribution in [2.75, 3.05) is 18.2 Å². The molecule has 1 aromatic heterocycles. The number of ether oxygens (including phenoxy) is 1. The lowest BCUT2D eigenvalue weighted by Gasteiger charge is -2.10. The van der Waals surface area contributed by atoms with Gasteiger partial charge in [0.15, 0.2) is 0 Å². The molecule has 18 heavy (non-hydrogen) atoms. The second-order valence-corrected chi connectivity index (χ2v) is 3.91. The van der Waals surface area contributed by atoms with E-state index in [1.807, 2.05) is 19.3 Å². The predicted octanol–water partition coefficient (Wildman–Crippen LogP) is 1.87. The second kappa shape index (κ2) is 4.83. The van der Waals surface area contributed by atoms with Gasteiger partial charge in [-0.3, -0.25) is 4.79 Å². The van der Waals surface area contributed by atoms with E-state index >= 15 is 0 Å². The van der Waals surface area contributed by atoms with Crippen LogP contribution in [0.4, 0.5) is 11.4 Å². The van der Waals surface area contributed by atoms with Gasteiger partial charge in [0.05, 0.1) is 18.5 Å². The summed E-state index contributed by atoms with van der Waals surface area (Å²) < 4.78 is 6.84. The fraction of sp³-hybridized carbons (Fsp3) is 0.154. The van der Waals surface area contributed by atoms with Crippen LogP contribution in [0.25, 0.3) is 0 Å². The first-order valence-corrected chi connectivity index (χ1v) is 5.48. The molecule has 0 saturated carbocycles. The van der Waals surface area contributed by atoms with Crippen molar-refractivity contribution in [3.05, 3.63) is 42.2 Å². The van der Waals surface area contributed by atoms with Crippen LogP contribution >= 0.6 is 0 Å². The molecule has 94 valence electrons. The molecule has 3 N–H and O–H groups in total. The van der Waals surface area contributed by atoms with Crippen LogP contribution in [0.1, 0.15) is 10.5 Å². The number of benzene rings is 1. The summed E-state index contributed by atoms with van der Waals surface area (Å²) in [6.07, 6.45) is 1.81. The van der Waals surface area contributed by atoms with Gasteiger partial charge < -0.3 is 20.4 Å². The van der Waals surface area contributed by atoms with Crippen LogP contribution in [0.3, 0.4) is 0 Å². The number of nitrogen functional groups attached to an aromatic ring is 1. The number of hydrogen-bond donors (Lipinski definition) is 2. The Balaban J connectivity index is 2.24. The van der Waals surface area contributed by atoms with Crippen molar-refractivity contribution < 1.29 is 9.53 Å². The number of nitrogens with two attached hydrogens (primary N) is 1. The number of carbonyl (C=O) groups is 1. The van der Waals surface area contributed by atoms with Crippen LogP contribution in [0, 0.1) is 0 Å². The van der Waals surface area contributed by atoms with E-state index in [4.69, 9.17) is 10.5 Å². The Bertz CT molecular complexity index is 575. The van der Waals surface area contributed by atoms with Crippen molar-refractivity contribution in [2.24, 2.45) is 7.05 Å². The molecule has 1 aromatic carbocycles. The molecule has 2 rings (SSSR count). The molecule has 0 aliphatic heterocycles. The number of carbonyl (C=O) groups excluding carboxylic acids is 1. The van der Waals surface area contributed by atoms with Crippen molar-refractivity contribution in [1.82, 2.24) is 4.57 Å². The zero-order valence-electron chi connectivity index (χ0n) is 10.3. The summed E-state index contributed by atoms with van der Waals surface area (Å²) in [6.45, 7) is 0. The zero-order valence-corrected chi connectivity index (χ0v) is 10.3. The van der Waals surface area contributed by atoms with Crippen molar-refractivity contribution in [2.45, 2.75) is 0 Å². The van der Waals surface area contributed by atoms with Crippen LogP contribution in [0.15, 0.2) is 36.5 Å². The highest BCUT2D eigenvalue weighted by molar-refractivity contribution is 6.04. The number of anilines is 2. The molecular formula is C13H15N3O2. The lowest BCUT2D eigenvalue weighted by atomic mass is 10.2. The number of aromatic nitrogens is 1. The monoisotopic (exact) mass is 245 g/mol. The molecular weight excluding hydrogens is 230 g/mol. The quantitative estimate of drug-likeness (QED) is 0.811. The average molecular weight is 245 g/mol. The van der Waals surface area contributed by atoms with E-state index in [0.29, 0.717) is 22.8 Å². The van der Waals surface area contributed by atoms with E-state index in [1.54, 1.807) is 35.9 Å². The van der Waals surface area contributed by atoms with Crippen molar-refractivity contribution in [1.29, 1.82) is 0 Å². The maximum absolute atomic E-state index is 12.0. The summed E-state index contributed by atoms with van der Waals surface area (Å²) >= 11 is 0. The topological polar surface area (TPSA) is 69.3 Å². The van der Waals surface area contributed by atoms with Gasteiger partial charge in [-0.25, -0.2) is 0 Å². The number of hydrogen-bond acceptors (Lipinski definition) is 3. The van der Waals surface area contributed by atoms with Crippen LogP contribution in [-0.4, -0.2) is 17.6 Å². The third kappa shape index (κ3) is 2.29. The number of aryl methyl sites for hydroxylation is 1. The van der Waals surface area contributed by atoms with Crippen LogP contribution in [0.2, 0.25) is 0 Å². The van der Waals surface area contributed by atoms with Gasteiger partial charge in [0, 0.05) is 19.3 Å². The van der Waals surface area contributed by atoms with E-state index in [2.05, 4.69) is 5.32 Å². The molecule has 5 nitrogen and oxygen atoms in total. The van der Waals surface area contributed by atoms with Crippen LogP contribution < -0.4 is 15.8 Å². The Labute approximate surface area is 105 Å². The van der Waals surface area contributed by atoms with E-state index < -0.39 is 0 Å². The zero-order chi connectivity index (χ0) is 13.1. The van der Waals surface area contributed by atoms with Crippen molar-refractivity contribution >= 4 is 17.3 Å². The van der Waals surface area contributed by atoms with Gasteiger partial charge in [-0.15, -0.1) is 0 Å². The molecule has 0 radical (unpaired) electrons. The first-order valence-electron chi connectivity index (χ1n) is 5.48. The van der Waals surface area contributed by atoms with Gasteiger partial charge in [-0.1, -0.05) is 0 Å². The van der Waals surface area contributed by atoms with Gasteiger partial charge in [0.1, 0.15) is 11.4 Å². The van der Waals surface area contributed by atoms with Gasteiger partial charge in [0.2, 0.25) is 0 Å². The largest absolute Gasteiger partial charge is 0.497 e. The molecule has 0 aliphatic carbocycles. The van der Waals surface area contributed by atoms with Crippen LogP contribution in [-0.2, 0) is 7.05 Å².